The number of hydrogen-bond acceptors (Lipinski definition) is 6. The monoisotopic (exact) mass is 583 g/mol. The molecule has 1 fully saturated rings. The van der Waals surface area contributed by atoms with Crippen molar-refractivity contribution < 1.29 is 22.7 Å². The molecule has 1 aromatic heterocycles. The van der Waals surface area contributed by atoms with Crippen LogP contribution >= 0.6 is 31.9 Å². The van der Waals surface area contributed by atoms with Gasteiger partial charge in [0.15, 0.2) is 12.4 Å². The number of rotatable bonds is 6. The highest BCUT2D eigenvalue weighted by molar-refractivity contribution is 9.11. The fraction of sp³-hybridized carbons (Fsp3) is 0.238. The molecule has 2 aromatic carbocycles. The molecule has 1 aliphatic heterocycles. The van der Waals surface area contributed by atoms with E-state index in [4.69, 9.17) is 9.47 Å². The van der Waals surface area contributed by atoms with Crippen LogP contribution in [0.3, 0.4) is 0 Å². The zero-order valence-electron chi connectivity index (χ0n) is 16.8. The number of sulfonamides is 1. The number of pyridine rings is 1. The van der Waals surface area contributed by atoms with Gasteiger partial charge in [-0.3, -0.25) is 9.78 Å². The summed E-state index contributed by atoms with van der Waals surface area (Å²) in [5.74, 6) is 0.0208. The third-order valence-electron chi connectivity index (χ3n) is 4.82. The number of nitrogens with one attached hydrogen (secondary N) is 1. The summed E-state index contributed by atoms with van der Waals surface area (Å²) in [5, 5.41) is 3.54. The van der Waals surface area contributed by atoms with Gasteiger partial charge in [0.1, 0.15) is 5.52 Å². The van der Waals surface area contributed by atoms with Gasteiger partial charge in [0, 0.05) is 34.8 Å². The Labute approximate surface area is 202 Å². The highest BCUT2D eigenvalue weighted by Crippen LogP contribution is 2.37. The lowest BCUT2D eigenvalue weighted by molar-refractivity contribution is -0.118. The van der Waals surface area contributed by atoms with Crippen LogP contribution < -0.4 is 10.1 Å². The number of benzene rings is 2. The van der Waals surface area contributed by atoms with Gasteiger partial charge in [-0.2, -0.15) is 4.31 Å². The van der Waals surface area contributed by atoms with Gasteiger partial charge in [-0.25, -0.2) is 8.42 Å². The Kier molecular flexibility index (Phi) is 7.11. The Morgan fingerprint density at radius 2 is 1.91 bits per heavy atom. The molecule has 1 aliphatic rings. The summed E-state index contributed by atoms with van der Waals surface area (Å²) >= 11 is 6.94. The molecule has 0 atom stereocenters. The van der Waals surface area contributed by atoms with Gasteiger partial charge in [0.25, 0.3) is 5.91 Å². The molecular weight excluding hydrogens is 566 g/mol. The van der Waals surface area contributed by atoms with Gasteiger partial charge in [-0.05, 0) is 46.3 Å². The van der Waals surface area contributed by atoms with Crippen molar-refractivity contribution in [3.8, 4) is 5.75 Å². The SMILES string of the molecule is O=C(COc1c(Br)cc(Br)c2cccnc12)Nc1cccc(S(=O)(=O)N2CCOCC2)c1. The number of morpholine rings is 1. The second-order valence-electron chi connectivity index (χ2n) is 6.95. The van der Waals surface area contributed by atoms with Crippen LogP contribution in [-0.2, 0) is 19.6 Å². The van der Waals surface area contributed by atoms with Crippen molar-refractivity contribution in [2.45, 2.75) is 4.90 Å². The molecule has 1 amide bonds. The van der Waals surface area contributed by atoms with Crippen LogP contribution in [0, 0.1) is 0 Å². The maximum absolute atomic E-state index is 12.8. The van der Waals surface area contributed by atoms with Gasteiger partial charge >= 0.3 is 0 Å². The van der Waals surface area contributed by atoms with E-state index >= 15 is 0 Å². The molecule has 4 rings (SSSR count). The molecular formula is C21H19Br2N3O5S. The number of carbonyl (C=O) groups is 1. The Hall–Kier alpha value is -2.05. The molecule has 0 spiro atoms. The van der Waals surface area contributed by atoms with Crippen molar-refractivity contribution in [2.75, 3.05) is 38.2 Å². The second-order valence-corrected chi connectivity index (χ2v) is 10.6. The number of ether oxygens (including phenoxy) is 2. The van der Waals surface area contributed by atoms with Gasteiger partial charge in [0.05, 0.1) is 22.6 Å². The number of nitrogens with zero attached hydrogens (tertiary/aromatic N) is 2. The zero-order valence-corrected chi connectivity index (χ0v) is 20.7. The van der Waals surface area contributed by atoms with E-state index in [1.807, 2.05) is 18.2 Å². The highest BCUT2D eigenvalue weighted by Gasteiger charge is 2.26. The molecule has 8 nitrogen and oxygen atoms in total. The van der Waals surface area contributed by atoms with Crippen molar-refractivity contribution in [1.29, 1.82) is 0 Å². The number of fused-ring (bicyclic) bond motifs is 1. The first-order valence-corrected chi connectivity index (χ1v) is 12.7. The van der Waals surface area contributed by atoms with E-state index in [9.17, 15) is 13.2 Å². The summed E-state index contributed by atoms with van der Waals surface area (Å²) < 4.78 is 39.5. The predicted octanol–water partition coefficient (Wildman–Crippen LogP) is 3.80. The van der Waals surface area contributed by atoms with Gasteiger partial charge in [-0.1, -0.05) is 28.1 Å². The van der Waals surface area contributed by atoms with Gasteiger partial charge < -0.3 is 14.8 Å². The molecule has 0 radical (unpaired) electrons. The van der Waals surface area contributed by atoms with Gasteiger partial charge in [0.2, 0.25) is 10.0 Å². The minimum Gasteiger partial charge on any atom is -0.480 e. The van der Waals surface area contributed by atoms with E-state index in [0.29, 0.717) is 47.7 Å². The largest absolute Gasteiger partial charge is 0.480 e. The Morgan fingerprint density at radius 1 is 1.12 bits per heavy atom. The third kappa shape index (κ3) is 4.96. The first kappa shape index (κ1) is 23.1. The normalized spacial score (nSPS) is 14.9. The molecule has 32 heavy (non-hydrogen) atoms. The summed E-state index contributed by atoms with van der Waals surface area (Å²) in [6.45, 7) is 1.06. The van der Waals surface area contributed by atoms with Crippen LogP contribution in [0.4, 0.5) is 5.69 Å². The fourth-order valence-corrected chi connectivity index (χ4v) is 6.13. The van der Waals surface area contributed by atoms with Crippen LogP contribution in [0.15, 0.2) is 62.5 Å². The minimum atomic E-state index is -3.66. The highest BCUT2D eigenvalue weighted by atomic mass is 79.9. The molecule has 0 bridgehead atoms. The maximum Gasteiger partial charge on any atom is 0.262 e. The lowest BCUT2D eigenvalue weighted by Crippen LogP contribution is -2.40. The molecule has 11 heteroatoms. The Morgan fingerprint density at radius 3 is 2.69 bits per heavy atom. The average molecular weight is 585 g/mol. The number of anilines is 1. The number of halogens is 2. The van der Waals surface area contributed by atoms with E-state index in [2.05, 4.69) is 42.2 Å². The third-order valence-corrected chi connectivity index (χ3v) is 7.96. The van der Waals surface area contributed by atoms with Crippen LogP contribution in [0.5, 0.6) is 5.75 Å². The number of hydrogen-bond donors (Lipinski definition) is 1. The van der Waals surface area contributed by atoms with E-state index in [1.165, 1.54) is 16.4 Å². The summed E-state index contributed by atoms with van der Waals surface area (Å²) in [6, 6.07) is 11.7. The van der Waals surface area contributed by atoms with E-state index in [-0.39, 0.29) is 11.5 Å². The zero-order chi connectivity index (χ0) is 22.7. The Balaban J connectivity index is 1.47. The molecule has 0 saturated carbocycles. The van der Waals surface area contributed by atoms with Gasteiger partial charge in [-0.15, -0.1) is 0 Å². The fourth-order valence-electron chi connectivity index (χ4n) is 3.29. The van der Waals surface area contributed by atoms with Crippen LogP contribution in [0.1, 0.15) is 0 Å². The van der Waals surface area contributed by atoms with Crippen molar-refractivity contribution >= 4 is 64.4 Å². The van der Waals surface area contributed by atoms with E-state index < -0.39 is 15.9 Å². The van der Waals surface area contributed by atoms with E-state index in [0.717, 1.165) is 9.86 Å². The smallest absolute Gasteiger partial charge is 0.262 e. The summed E-state index contributed by atoms with van der Waals surface area (Å²) in [7, 11) is -3.66. The summed E-state index contributed by atoms with van der Waals surface area (Å²) in [6.07, 6.45) is 1.65. The lowest BCUT2D eigenvalue weighted by Gasteiger charge is -2.26. The summed E-state index contributed by atoms with van der Waals surface area (Å²) in [4.78, 5) is 17.0. The standard InChI is InChI=1S/C21H19Br2N3O5S/c22-17-12-18(23)21(20-16(17)5-2-6-24-20)31-13-19(27)25-14-3-1-4-15(11-14)32(28,29)26-7-9-30-10-8-26/h1-6,11-12H,7-10,13H2,(H,25,27). The second kappa shape index (κ2) is 9.84. The number of aromatic nitrogens is 1. The average Bonchev–Trinajstić information content (AvgIpc) is 2.79. The Bertz CT molecular complexity index is 1260. The van der Waals surface area contributed by atoms with E-state index in [1.54, 1.807) is 18.3 Å². The van der Waals surface area contributed by atoms with Crippen molar-refractivity contribution in [3.05, 3.63) is 57.6 Å². The summed E-state index contributed by atoms with van der Waals surface area (Å²) in [5.41, 5.74) is 0.978. The van der Waals surface area contributed by atoms with Crippen molar-refractivity contribution in [1.82, 2.24) is 9.29 Å². The molecule has 168 valence electrons. The quantitative estimate of drug-likeness (QED) is 0.473. The van der Waals surface area contributed by atoms with Crippen LogP contribution in [-0.4, -0.2) is 56.5 Å². The molecule has 0 unspecified atom stereocenters. The molecule has 3 aromatic rings. The molecule has 2 heterocycles. The first-order valence-electron chi connectivity index (χ1n) is 9.69. The molecule has 0 aliphatic carbocycles. The maximum atomic E-state index is 12.8. The first-order chi connectivity index (χ1) is 15.4. The van der Waals surface area contributed by atoms with Crippen LogP contribution in [0.25, 0.3) is 10.9 Å². The lowest BCUT2D eigenvalue weighted by atomic mass is 10.2. The molecule has 1 N–H and O–H groups in total. The van der Waals surface area contributed by atoms with Crippen molar-refractivity contribution in [2.24, 2.45) is 0 Å². The number of carbonyl (C=O) groups excluding carboxylic acids is 1. The molecule has 1 saturated heterocycles. The van der Waals surface area contributed by atoms with Crippen molar-refractivity contribution in [3.63, 3.8) is 0 Å². The predicted molar refractivity (Wildman–Crippen MR) is 127 cm³/mol. The number of amides is 1. The topological polar surface area (TPSA) is 97.8 Å². The van der Waals surface area contributed by atoms with Crippen LogP contribution in [0.2, 0.25) is 0 Å². The minimum absolute atomic E-state index is 0.115.